The molecule has 2 aromatic carbocycles. The molecule has 0 aromatic heterocycles. The van der Waals surface area contributed by atoms with Crippen molar-refractivity contribution in [3.8, 4) is 0 Å². The van der Waals surface area contributed by atoms with E-state index in [9.17, 15) is 28.1 Å². The maximum Gasteiger partial charge on any atom is 0.338 e. The van der Waals surface area contributed by atoms with Crippen LogP contribution in [0.4, 0.5) is 11.4 Å². The van der Waals surface area contributed by atoms with Crippen molar-refractivity contribution in [2.24, 2.45) is 0 Å². The van der Waals surface area contributed by atoms with Crippen LogP contribution < -0.4 is 4.90 Å². The van der Waals surface area contributed by atoms with Crippen LogP contribution in [0, 0.1) is 10.1 Å². The number of anilines is 1. The monoisotopic (exact) mass is 476 g/mol. The number of hydrogen-bond donors (Lipinski definition) is 0. The van der Waals surface area contributed by atoms with Gasteiger partial charge in [-0.2, -0.15) is 0 Å². The predicted octanol–water partition coefficient (Wildman–Crippen LogP) is 1.35. The van der Waals surface area contributed by atoms with E-state index in [0.29, 0.717) is 26.2 Å². The number of nitro benzene ring substituents is 1. The number of sulfonamides is 1. The van der Waals surface area contributed by atoms with Gasteiger partial charge < -0.3 is 14.5 Å². The molecule has 0 atom stereocenters. The summed E-state index contributed by atoms with van der Waals surface area (Å²) >= 11 is 0. The molecule has 1 fully saturated rings. The molecule has 0 radical (unpaired) electrons. The van der Waals surface area contributed by atoms with E-state index < -0.39 is 27.5 Å². The molecule has 11 nitrogen and oxygen atoms in total. The van der Waals surface area contributed by atoms with E-state index in [1.807, 2.05) is 4.90 Å². The van der Waals surface area contributed by atoms with E-state index in [4.69, 9.17) is 4.74 Å². The van der Waals surface area contributed by atoms with Crippen LogP contribution in [0.5, 0.6) is 0 Å². The minimum absolute atomic E-state index is 0.0170. The molecule has 0 spiro atoms. The number of hydrogen-bond acceptors (Lipinski definition) is 8. The Hall–Kier alpha value is -3.51. The van der Waals surface area contributed by atoms with Crippen molar-refractivity contribution < 1.29 is 27.7 Å². The fourth-order valence-electron chi connectivity index (χ4n) is 3.27. The van der Waals surface area contributed by atoms with Gasteiger partial charge in [0.1, 0.15) is 0 Å². The second kappa shape index (κ2) is 9.96. The predicted molar refractivity (Wildman–Crippen MR) is 119 cm³/mol. The lowest BCUT2D eigenvalue weighted by molar-refractivity contribution is -0.384. The van der Waals surface area contributed by atoms with Gasteiger partial charge in [0.05, 0.1) is 15.4 Å². The van der Waals surface area contributed by atoms with E-state index in [0.717, 1.165) is 9.99 Å². The summed E-state index contributed by atoms with van der Waals surface area (Å²) in [6.07, 6.45) is 0. The SMILES string of the molecule is CN(C)S(=O)(=O)c1ccc(C(=O)OCC(=O)N2CCN(c3ccc([N+](=O)[O-])cc3)CC2)cc1. The Bertz CT molecular complexity index is 1120. The van der Waals surface area contributed by atoms with E-state index in [-0.39, 0.29) is 22.1 Å². The summed E-state index contributed by atoms with van der Waals surface area (Å²) in [6, 6.07) is 11.5. The molecule has 33 heavy (non-hydrogen) atoms. The number of non-ortho nitro benzene ring substituents is 1. The Morgan fingerprint density at radius 1 is 1.00 bits per heavy atom. The molecule has 1 aliphatic heterocycles. The number of amides is 1. The minimum atomic E-state index is -3.60. The fraction of sp³-hybridized carbons (Fsp3) is 0.333. The molecule has 12 heteroatoms. The molecule has 0 unspecified atom stereocenters. The lowest BCUT2D eigenvalue weighted by Gasteiger charge is -2.36. The average Bonchev–Trinajstić information content (AvgIpc) is 2.82. The van der Waals surface area contributed by atoms with Crippen molar-refractivity contribution in [1.29, 1.82) is 0 Å². The molecule has 1 saturated heterocycles. The van der Waals surface area contributed by atoms with Crippen molar-refractivity contribution in [3.05, 3.63) is 64.2 Å². The number of nitro groups is 1. The normalized spacial score (nSPS) is 14.3. The van der Waals surface area contributed by atoms with Crippen molar-refractivity contribution in [3.63, 3.8) is 0 Å². The van der Waals surface area contributed by atoms with Gasteiger partial charge in [-0.3, -0.25) is 14.9 Å². The number of carbonyl (C=O) groups excluding carboxylic acids is 2. The van der Waals surface area contributed by atoms with Crippen LogP contribution in [-0.4, -0.2) is 81.3 Å². The highest BCUT2D eigenvalue weighted by molar-refractivity contribution is 7.89. The Balaban J connectivity index is 1.49. The summed E-state index contributed by atoms with van der Waals surface area (Å²) in [4.78, 5) is 38.6. The van der Waals surface area contributed by atoms with Gasteiger partial charge in [-0.05, 0) is 36.4 Å². The molecule has 3 rings (SSSR count). The third-order valence-corrected chi connectivity index (χ3v) is 7.08. The smallest absolute Gasteiger partial charge is 0.338 e. The summed E-state index contributed by atoms with van der Waals surface area (Å²) in [5.41, 5.74) is 0.991. The van der Waals surface area contributed by atoms with Gasteiger partial charge in [0.25, 0.3) is 11.6 Å². The van der Waals surface area contributed by atoms with Crippen LogP contribution >= 0.6 is 0 Å². The summed E-state index contributed by atoms with van der Waals surface area (Å²) in [5.74, 6) is -1.06. The molecule has 0 aliphatic carbocycles. The quantitative estimate of drug-likeness (QED) is 0.333. The second-order valence-electron chi connectivity index (χ2n) is 7.53. The highest BCUT2D eigenvalue weighted by Crippen LogP contribution is 2.21. The highest BCUT2D eigenvalue weighted by Gasteiger charge is 2.23. The first kappa shape index (κ1) is 24.1. The molecule has 2 aromatic rings. The van der Waals surface area contributed by atoms with Crippen LogP contribution in [0.3, 0.4) is 0 Å². The third-order valence-electron chi connectivity index (χ3n) is 5.25. The maximum absolute atomic E-state index is 12.4. The van der Waals surface area contributed by atoms with Gasteiger partial charge in [0.15, 0.2) is 6.61 Å². The Morgan fingerprint density at radius 2 is 1.58 bits per heavy atom. The largest absolute Gasteiger partial charge is 0.452 e. The van der Waals surface area contributed by atoms with Crippen LogP contribution in [0.2, 0.25) is 0 Å². The summed E-state index contributed by atoms with van der Waals surface area (Å²) in [7, 11) is -0.781. The summed E-state index contributed by atoms with van der Waals surface area (Å²) < 4.78 is 30.3. The number of piperazine rings is 1. The molecule has 1 aliphatic rings. The Kier molecular flexibility index (Phi) is 7.29. The molecule has 0 saturated carbocycles. The van der Waals surface area contributed by atoms with E-state index in [1.54, 1.807) is 17.0 Å². The van der Waals surface area contributed by atoms with Gasteiger partial charge in [-0.25, -0.2) is 17.5 Å². The number of rotatable bonds is 7. The first-order valence-corrected chi connectivity index (χ1v) is 11.5. The van der Waals surface area contributed by atoms with Gasteiger partial charge >= 0.3 is 5.97 Å². The van der Waals surface area contributed by atoms with Crippen LogP contribution in [0.1, 0.15) is 10.4 Å². The maximum atomic E-state index is 12.4. The number of carbonyl (C=O) groups is 2. The number of benzene rings is 2. The number of esters is 1. The molecule has 1 amide bonds. The van der Waals surface area contributed by atoms with Crippen molar-refractivity contribution in [2.75, 3.05) is 51.8 Å². The first-order chi connectivity index (χ1) is 15.6. The van der Waals surface area contributed by atoms with Gasteiger partial charge in [-0.1, -0.05) is 0 Å². The van der Waals surface area contributed by atoms with Crippen LogP contribution in [0.25, 0.3) is 0 Å². The van der Waals surface area contributed by atoms with Crippen molar-refractivity contribution in [2.45, 2.75) is 4.90 Å². The lowest BCUT2D eigenvalue weighted by Crippen LogP contribution is -2.49. The standard InChI is InChI=1S/C21H24N4O7S/c1-22(2)33(30,31)19-9-3-16(4-10-19)21(27)32-15-20(26)24-13-11-23(12-14-24)17-5-7-18(8-6-17)25(28)29/h3-10H,11-15H2,1-2H3. The minimum Gasteiger partial charge on any atom is -0.452 e. The summed E-state index contributed by atoms with van der Waals surface area (Å²) in [5, 5.41) is 10.8. The number of ether oxygens (including phenoxy) is 1. The first-order valence-electron chi connectivity index (χ1n) is 10.1. The van der Waals surface area contributed by atoms with Crippen LogP contribution in [0.15, 0.2) is 53.4 Å². The molecule has 0 bridgehead atoms. The topological polar surface area (TPSA) is 130 Å². The van der Waals surface area contributed by atoms with Gasteiger partial charge in [0.2, 0.25) is 10.0 Å². The zero-order chi connectivity index (χ0) is 24.2. The summed E-state index contributed by atoms with van der Waals surface area (Å²) in [6.45, 7) is 1.50. The Morgan fingerprint density at radius 3 is 2.09 bits per heavy atom. The Labute approximate surface area is 191 Å². The van der Waals surface area contributed by atoms with Gasteiger partial charge in [-0.15, -0.1) is 0 Å². The zero-order valence-electron chi connectivity index (χ0n) is 18.2. The lowest BCUT2D eigenvalue weighted by atomic mass is 10.2. The van der Waals surface area contributed by atoms with Crippen molar-refractivity contribution in [1.82, 2.24) is 9.21 Å². The van der Waals surface area contributed by atoms with Crippen molar-refractivity contribution >= 4 is 33.3 Å². The van der Waals surface area contributed by atoms with E-state index in [2.05, 4.69) is 0 Å². The average molecular weight is 477 g/mol. The number of nitrogens with zero attached hydrogens (tertiary/aromatic N) is 4. The molecule has 1 heterocycles. The molecule has 0 N–H and O–H groups in total. The molecular weight excluding hydrogens is 452 g/mol. The van der Waals surface area contributed by atoms with Gasteiger partial charge in [0, 0.05) is 58.1 Å². The third kappa shape index (κ3) is 5.65. The fourth-order valence-corrected chi connectivity index (χ4v) is 4.18. The highest BCUT2D eigenvalue weighted by atomic mass is 32.2. The second-order valence-corrected chi connectivity index (χ2v) is 9.68. The zero-order valence-corrected chi connectivity index (χ0v) is 19.0. The molecule has 176 valence electrons. The van der Waals surface area contributed by atoms with Crippen LogP contribution in [-0.2, 0) is 19.6 Å². The van der Waals surface area contributed by atoms with E-state index >= 15 is 0 Å². The molecular formula is C21H24N4O7S. The van der Waals surface area contributed by atoms with E-state index in [1.165, 1.54) is 50.5 Å².